The molecule has 0 unspecified atom stereocenters. The lowest BCUT2D eigenvalue weighted by Crippen LogP contribution is -2.49. The summed E-state index contributed by atoms with van der Waals surface area (Å²) >= 11 is 7.48. The van der Waals surface area contributed by atoms with Crippen molar-refractivity contribution in [1.82, 2.24) is 20.1 Å². The monoisotopic (exact) mass is 389 g/mol. The highest BCUT2D eigenvalue weighted by molar-refractivity contribution is 7.99. The van der Waals surface area contributed by atoms with Gasteiger partial charge in [0.15, 0.2) is 5.16 Å². The van der Waals surface area contributed by atoms with Gasteiger partial charge >= 0.3 is 0 Å². The highest BCUT2D eigenvalue weighted by Crippen LogP contribution is 2.28. The highest BCUT2D eigenvalue weighted by Gasteiger charge is 2.33. The first-order valence-corrected chi connectivity index (χ1v) is 9.91. The minimum atomic E-state index is -0.714. The van der Waals surface area contributed by atoms with Gasteiger partial charge in [-0.3, -0.25) is 9.36 Å². The van der Waals surface area contributed by atoms with Gasteiger partial charge in [-0.25, -0.2) is 0 Å². The average Bonchev–Trinajstić information content (AvgIpc) is 3.11. The zero-order valence-corrected chi connectivity index (χ0v) is 16.1. The van der Waals surface area contributed by atoms with Crippen LogP contribution in [-0.2, 0) is 4.79 Å². The zero-order chi connectivity index (χ0) is 18.6. The van der Waals surface area contributed by atoms with E-state index in [1.165, 1.54) is 11.8 Å². The second-order valence-corrected chi connectivity index (χ2v) is 7.86. The molecule has 6 nitrogen and oxygen atoms in total. The molecule has 0 spiro atoms. The Bertz CT molecular complexity index is 838. The summed E-state index contributed by atoms with van der Waals surface area (Å²) in [5.74, 6) is 0.0248. The number of hydrogen-bond donors (Lipinski definition) is 1. The quantitative estimate of drug-likeness (QED) is 0.789. The molecule has 8 heteroatoms. The number of carbonyl (C=O) groups is 1. The summed E-state index contributed by atoms with van der Waals surface area (Å²) in [6, 6.07) is 8.01. The van der Waals surface area contributed by atoms with E-state index in [2.05, 4.69) is 21.6 Å². The summed E-state index contributed by atoms with van der Waals surface area (Å²) in [5, 5.41) is 21.7. The van der Waals surface area contributed by atoms with Crippen LogP contribution in [0.2, 0.25) is 5.02 Å². The summed E-state index contributed by atoms with van der Waals surface area (Å²) in [7, 11) is 0. The lowest BCUT2D eigenvalue weighted by molar-refractivity contribution is -0.120. The lowest BCUT2D eigenvalue weighted by Gasteiger charge is -2.31. The summed E-state index contributed by atoms with van der Waals surface area (Å²) in [5.41, 5.74) is 1.12. The third-order valence-electron chi connectivity index (χ3n) is 4.58. The molecular weight excluding hydrogens is 370 g/mol. The van der Waals surface area contributed by atoms with Crippen LogP contribution in [0.3, 0.4) is 0 Å². The number of nitriles is 1. The molecule has 1 aromatic carbocycles. The fourth-order valence-corrected chi connectivity index (χ4v) is 3.99. The number of halogens is 1. The van der Waals surface area contributed by atoms with Crippen LogP contribution >= 0.6 is 23.4 Å². The van der Waals surface area contributed by atoms with Crippen molar-refractivity contribution in [2.75, 3.05) is 5.75 Å². The highest BCUT2D eigenvalue weighted by atomic mass is 35.5. The predicted octanol–water partition coefficient (Wildman–Crippen LogP) is 3.66. The normalized spacial score (nSPS) is 16.0. The number of aromatic nitrogens is 3. The summed E-state index contributed by atoms with van der Waals surface area (Å²) in [6.45, 7) is 1.94. The predicted molar refractivity (Wildman–Crippen MR) is 101 cm³/mol. The molecule has 0 atom stereocenters. The minimum Gasteiger partial charge on any atom is -0.337 e. The molecule has 1 fully saturated rings. The fourth-order valence-electron chi connectivity index (χ4n) is 3.08. The first kappa shape index (κ1) is 18.7. The van der Waals surface area contributed by atoms with Gasteiger partial charge in [-0.1, -0.05) is 48.7 Å². The van der Waals surface area contributed by atoms with Gasteiger partial charge in [0, 0.05) is 5.02 Å². The Morgan fingerprint density at radius 3 is 2.88 bits per heavy atom. The van der Waals surface area contributed by atoms with Crippen LogP contribution in [-0.4, -0.2) is 32.0 Å². The largest absolute Gasteiger partial charge is 0.337 e. The lowest BCUT2D eigenvalue weighted by atomic mass is 9.83. The fraction of sp³-hybridized carbons (Fsp3) is 0.444. The van der Waals surface area contributed by atoms with Crippen LogP contribution in [0.1, 0.15) is 37.7 Å². The van der Waals surface area contributed by atoms with E-state index in [1.807, 2.05) is 25.1 Å². The Hall–Kier alpha value is -2.04. The Labute approximate surface area is 161 Å². The zero-order valence-electron chi connectivity index (χ0n) is 14.5. The van der Waals surface area contributed by atoms with E-state index in [-0.39, 0.29) is 11.7 Å². The summed E-state index contributed by atoms with van der Waals surface area (Å²) in [4.78, 5) is 12.4. The molecule has 3 rings (SSSR count). The molecule has 1 saturated carbocycles. The molecule has 1 aliphatic rings. The topological polar surface area (TPSA) is 83.6 Å². The van der Waals surface area contributed by atoms with Crippen LogP contribution in [0.25, 0.3) is 5.69 Å². The second kappa shape index (κ2) is 8.11. The Morgan fingerprint density at radius 1 is 1.42 bits per heavy atom. The molecule has 1 aromatic heterocycles. The first-order valence-electron chi connectivity index (χ1n) is 8.55. The summed E-state index contributed by atoms with van der Waals surface area (Å²) in [6.07, 6.45) is 6.11. The van der Waals surface area contributed by atoms with Gasteiger partial charge in [-0.05, 0) is 37.5 Å². The Kier molecular flexibility index (Phi) is 5.84. The van der Waals surface area contributed by atoms with Crippen molar-refractivity contribution in [3.05, 3.63) is 35.1 Å². The van der Waals surface area contributed by atoms with Gasteiger partial charge in [-0.15, -0.1) is 10.2 Å². The molecule has 1 heterocycles. The molecule has 0 saturated heterocycles. The molecule has 0 aliphatic heterocycles. The maximum atomic E-state index is 12.4. The van der Waals surface area contributed by atoms with E-state index in [4.69, 9.17) is 11.6 Å². The van der Waals surface area contributed by atoms with Crippen LogP contribution in [0.15, 0.2) is 29.7 Å². The van der Waals surface area contributed by atoms with Crippen molar-refractivity contribution >= 4 is 29.3 Å². The van der Waals surface area contributed by atoms with Crippen molar-refractivity contribution < 1.29 is 4.79 Å². The first-order chi connectivity index (χ1) is 12.5. The average molecular weight is 390 g/mol. The molecule has 2 aromatic rings. The van der Waals surface area contributed by atoms with E-state index in [0.717, 1.165) is 43.4 Å². The molecule has 1 aliphatic carbocycles. The van der Waals surface area contributed by atoms with Gasteiger partial charge in [0.2, 0.25) is 5.91 Å². The number of nitrogens with zero attached hydrogens (tertiary/aromatic N) is 4. The van der Waals surface area contributed by atoms with Crippen LogP contribution < -0.4 is 5.32 Å². The molecular formula is C18H20ClN5OS. The van der Waals surface area contributed by atoms with Gasteiger partial charge in [0.25, 0.3) is 0 Å². The van der Waals surface area contributed by atoms with E-state index < -0.39 is 5.54 Å². The molecule has 0 radical (unpaired) electrons. The van der Waals surface area contributed by atoms with Crippen molar-refractivity contribution in [3.63, 3.8) is 0 Å². The second-order valence-electron chi connectivity index (χ2n) is 6.51. The number of carbonyl (C=O) groups excluding carboxylic acids is 1. The Balaban J connectivity index is 1.65. The molecule has 26 heavy (non-hydrogen) atoms. The molecule has 1 amide bonds. The van der Waals surface area contributed by atoms with Crippen LogP contribution in [0.5, 0.6) is 0 Å². The number of hydrogen-bond acceptors (Lipinski definition) is 5. The standard InChI is InChI=1S/C18H20ClN5OS/c1-13-5-6-14(9-15(13)19)24-12-21-23-17(24)26-10-16(25)22-18(11-20)7-3-2-4-8-18/h5-6,9,12H,2-4,7-8,10H2,1H3,(H,22,25). The maximum absolute atomic E-state index is 12.4. The van der Waals surface area contributed by atoms with Gasteiger partial charge in [0.05, 0.1) is 17.5 Å². The molecule has 0 bridgehead atoms. The van der Waals surface area contributed by atoms with Gasteiger partial charge < -0.3 is 5.32 Å². The van der Waals surface area contributed by atoms with E-state index in [0.29, 0.717) is 10.2 Å². The smallest absolute Gasteiger partial charge is 0.231 e. The minimum absolute atomic E-state index is 0.157. The number of rotatable bonds is 5. The summed E-state index contributed by atoms with van der Waals surface area (Å²) < 4.78 is 1.80. The van der Waals surface area contributed by atoms with Crippen molar-refractivity contribution in [2.45, 2.75) is 49.7 Å². The van der Waals surface area contributed by atoms with Crippen molar-refractivity contribution in [1.29, 1.82) is 5.26 Å². The van der Waals surface area contributed by atoms with Crippen molar-refractivity contribution in [2.24, 2.45) is 0 Å². The number of amides is 1. The van der Waals surface area contributed by atoms with E-state index >= 15 is 0 Å². The van der Waals surface area contributed by atoms with Crippen molar-refractivity contribution in [3.8, 4) is 11.8 Å². The Morgan fingerprint density at radius 2 is 2.19 bits per heavy atom. The number of aryl methyl sites for hydroxylation is 1. The SMILES string of the molecule is Cc1ccc(-n2cnnc2SCC(=O)NC2(C#N)CCCCC2)cc1Cl. The van der Waals surface area contributed by atoms with E-state index in [1.54, 1.807) is 10.9 Å². The maximum Gasteiger partial charge on any atom is 0.231 e. The molecule has 1 N–H and O–H groups in total. The van der Waals surface area contributed by atoms with E-state index in [9.17, 15) is 10.1 Å². The third-order valence-corrected chi connectivity index (χ3v) is 5.93. The van der Waals surface area contributed by atoms with Gasteiger partial charge in [-0.2, -0.15) is 5.26 Å². The number of nitrogens with one attached hydrogen (secondary N) is 1. The van der Waals surface area contributed by atoms with Crippen LogP contribution in [0.4, 0.5) is 0 Å². The number of thioether (sulfide) groups is 1. The third kappa shape index (κ3) is 4.19. The van der Waals surface area contributed by atoms with Crippen LogP contribution in [0, 0.1) is 18.3 Å². The molecule has 136 valence electrons. The van der Waals surface area contributed by atoms with Gasteiger partial charge in [0.1, 0.15) is 11.9 Å². The number of benzene rings is 1.